The van der Waals surface area contributed by atoms with E-state index in [9.17, 15) is 4.79 Å². The monoisotopic (exact) mass is 322 g/mol. The number of carboxylic acids is 1. The van der Waals surface area contributed by atoms with Gasteiger partial charge in [-0.2, -0.15) is 0 Å². The lowest BCUT2D eigenvalue weighted by Gasteiger charge is -2.30. The highest BCUT2D eigenvalue weighted by molar-refractivity contribution is 6.60. The van der Waals surface area contributed by atoms with E-state index in [2.05, 4.69) is 14.1 Å². The number of unbranched alkanes of at least 4 members (excludes halogenated alkanes) is 2. The Kier molecular flexibility index (Phi) is 10.1. The Balaban J connectivity index is 3.85. The smallest absolute Gasteiger partial charge is 0.481 e. The molecule has 6 nitrogen and oxygen atoms in total. The summed E-state index contributed by atoms with van der Waals surface area (Å²) in [6.07, 6.45) is 4.23. The number of aliphatic carboxylic acids is 1. The molecular formula is C14H32NO5Si+. The first kappa shape index (κ1) is 20.5. The normalized spacial score (nSPS) is 12.6. The Bertz CT molecular complexity index is 287. The second-order valence-electron chi connectivity index (χ2n) is 5.99. The number of carbonyl (C=O) groups is 1. The third-order valence-corrected chi connectivity index (χ3v) is 6.67. The summed E-state index contributed by atoms with van der Waals surface area (Å²) in [5.74, 6) is -0.713. The highest BCUT2D eigenvalue weighted by Crippen LogP contribution is 2.17. The second kappa shape index (κ2) is 10.3. The third kappa shape index (κ3) is 9.21. The number of hydrogen-bond acceptors (Lipinski definition) is 4. The number of carboxylic acid groups (broad SMARTS) is 1. The highest BCUT2D eigenvalue weighted by atomic mass is 28.4. The van der Waals surface area contributed by atoms with Crippen molar-refractivity contribution in [2.45, 2.75) is 38.1 Å². The van der Waals surface area contributed by atoms with E-state index >= 15 is 0 Å². The molecule has 0 spiro atoms. The summed E-state index contributed by atoms with van der Waals surface area (Å²) in [6, 6.07) is 0.836. The summed E-state index contributed by atoms with van der Waals surface area (Å²) in [4.78, 5) is 10.5. The molecule has 0 amide bonds. The van der Waals surface area contributed by atoms with E-state index in [4.69, 9.17) is 18.4 Å². The van der Waals surface area contributed by atoms with E-state index in [1.807, 2.05) is 0 Å². The number of nitrogens with zero attached hydrogens (tertiary/aromatic N) is 1. The molecule has 0 aliphatic heterocycles. The summed E-state index contributed by atoms with van der Waals surface area (Å²) in [5, 5.41) is 8.66. The van der Waals surface area contributed by atoms with E-state index in [0.29, 0.717) is 0 Å². The predicted molar refractivity (Wildman–Crippen MR) is 84.2 cm³/mol. The first-order valence-electron chi connectivity index (χ1n) is 7.50. The van der Waals surface area contributed by atoms with Crippen LogP contribution in [0, 0.1) is 0 Å². The van der Waals surface area contributed by atoms with Gasteiger partial charge in [0.05, 0.1) is 33.6 Å². The largest absolute Gasteiger partial charge is 0.500 e. The van der Waals surface area contributed by atoms with Crippen LogP contribution in [-0.2, 0) is 18.1 Å². The molecule has 0 bridgehead atoms. The second-order valence-corrected chi connectivity index (χ2v) is 9.08. The van der Waals surface area contributed by atoms with Crippen molar-refractivity contribution in [1.82, 2.24) is 0 Å². The van der Waals surface area contributed by atoms with Gasteiger partial charge in [-0.25, -0.2) is 0 Å². The summed E-state index contributed by atoms with van der Waals surface area (Å²) >= 11 is 0. The molecule has 0 saturated carbocycles. The van der Waals surface area contributed by atoms with Gasteiger partial charge < -0.3 is 22.9 Å². The van der Waals surface area contributed by atoms with Crippen LogP contribution in [0.4, 0.5) is 0 Å². The molecule has 0 aromatic heterocycles. The number of hydrogen-bond donors (Lipinski definition) is 1. The Morgan fingerprint density at radius 3 is 1.95 bits per heavy atom. The van der Waals surface area contributed by atoms with Gasteiger partial charge in [0.15, 0.2) is 0 Å². The molecule has 0 heterocycles. The molecule has 0 unspecified atom stereocenters. The zero-order valence-electron chi connectivity index (χ0n) is 14.2. The molecule has 0 radical (unpaired) electrons. The molecule has 1 N–H and O–H groups in total. The van der Waals surface area contributed by atoms with Crippen LogP contribution in [0.2, 0.25) is 6.04 Å². The maximum atomic E-state index is 10.5. The molecule has 0 atom stereocenters. The van der Waals surface area contributed by atoms with E-state index in [-0.39, 0.29) is 6.42 Å². The Labute approximate surface area is 130 Å². The van der Waals surface area contributed by atoms with E-state index in [1.165, 1.54) is 0 Å². The summed E-state index contributed by atoms with van der Waals surface area (Å²) in [6.45, 7) is 1.96. The highest BCUT2D eigenvalue weighted by Gasteiger charge is 2.36. The molecule has 0 aromatic rings. The van der Waals surface area contributed by atoms with Crippen LogP contribution >= 0.6 is 0 Å². The molecular weight excluding hydrogens is 290 g/mol. The van der Waals surface area contributed by atoms with Crippen molar-refractivity contribution < 1.29 is 27.7 Å². The van der Waals surface area contributed by atoms with Crippen molar-refractivity contribution in [3.63, 3.8) is 0 Å². The van der Waals surface area contributed by atoms with Gasteiger partial charge in [0.25, 0.3) is 0 Å². The first-order chi connectivity index (χ1) is 9.81. The quantitative estimate of drug-likeness (QED) is 0.319. The fourth-order valence-electron chi connectivity index (χ4n) is 2.38. The molecule has 0 aliphatic rings. The van der Waals surface area contributed by atoms with E-state index in [0.717, 1.165) is 49.3 Å². The SMILES string of the molecule is CO[Si](CCCCC[N+](C)(C)CCCC(=O)O)(OC)OC. The minimum Gasteiger partial charge on any atom is -0.481 e. The Hall–Kier alpha value is -0.473. The van der Waals surface area contributed by atoms with Crippen molar-refractivity contribution in [3.05, 3.63) is 0 Å². The van der Waals surface area contributed by atoms with Crippen LogP contribution in [0.3, 0.4) is 0 Å². The van der Waals surface area contributed by atoms with Gasteiger partial charge in [-0.3, -0.25) is 4.79 Å². The van der Waals surface area contributed by atoms with Crippen molar-refractivity contribution >= 4 is 14.8 Å². The Morgan fingerprint density at radius 1 is 0.952 bits per heavy atom. The molecule has 0 aromatic carbocycles. The lowest BCUT2D eigenvalue weighted by Crippen LogP contribution is -2.43. The van der Waals surface area contributed by atoms with Crippen molar-refractivity contribution in [3.8, 4) is 0 Å². The van der Waals surface area contributed by atoms with Gasteiger partial charge in [0.2, 0.25) is 0 Å². The van der Waals surface area contributed by atoms with Crippen molar-refractivity contribution in [2.24, 2.45) is 0 Å². The fraction of sp³-hybridized carbons (Fsp3) is 0.929. The van der Waals surface area contributed by atoms with Crippen LogP contribution in [0.1, 0.15) is 32.1 Å². The maximum absolute atomic E-state index is 10.5. The van der Waals surface area contributed by atoms with Crippen LogP contribution in [0.15, 0.2) is 0 Å². The van der Waals surface area contributed by atoms with Gasteiger partial charge in [0.1, 0.15) is 0 Å². The van der Waals surface area contributed by atoms with Crippen molar-refractivity contribution in [2.75, 3.05) is 48.5 Å². The van der Waals surface area contributed by atoms with Gasteiger partial charge in [-0.15, -0.1) is 0 Å². The first-order valence-corrected chi connectivity index (χ1v) is 9.43. The van der Waals surface area contributed by atoms with Crippen LogP contribution in [-0.4, -0.2) is 72.9 Å². The molecule has 0 saturated heterocycles. The number of quaternary nitrogens is 1. The molecule has 7 heteroatoms. The zero-order chi connectivity index (χ0) is 16.4. The van der Waals surface area contributed by atoms with Gasteiger partial charge in [-0.1, -0.05) is 0 Å². The summed E-state index contributed by atoms with van der Waals surface area (Å²) < 4.78 is 17.1. The van der Waals surface area contributed by atoms with Crippen LogP contribution in [0.25, 0.3) is 0 Å². The fourth-order valence-corrected chi connectivity index (χ4v) is 4.18. The molecule has 126 valence electrons. The zero-order valence-corrected chi connectivity index (χ0v) is 15.2. The van der Waals surface area contributed by atoms with Crippen LogP contribution in [0.5, 0.6) is 0 Å². The average molecular weight is 322 g/mol. The lowest BCUT2D eigenvalue weighted by atomic mass is 10.2. The van der Waals surface area contributed by atoms with E-state index in [1.54, 1.807) is 21.3 Å². The maximum Gasteiger partial charge on any atom is 0.500 e. The topological polar surface area (TPSA) is 65.0 Å². The van der Waals surface area contributed by atoms with Gasteiger partial charge in [0, 0.05) is 33.8 Å². The molecule has 0 rings (SSSR count). The molecule has 0 aliphatic carbocycles. The summed E-state index contributed by atoms with van der Waals surface area (Å²) in [5.41, 5.74) is 0. The lowest BCUT2D eigenvalue weighted by molar-refractivity contribution is -0.890. The third-order valence-electron chi connectivity index (χ3n) is 3.83. The molecule has 0 fully saturated rings. The minimum atomic E-state index is -2.42. The Morgan fingerprint density at radius 2 is 1.48 bits per heavy atom. The molecule has 21 heavy (non-hydrogen) atoms. The van der Waals surface area contributed by atoms with Gasteiger partial charge >= 0.3 is 14.8 Å². The van der Waals surface area contributed by atoms with E-state index < -0.39 is 14.8 Å². The van der Waals surface area contributed by atoms with Crippen molar-refractivity contribution in [1.29, 1.82) is 0 Å². The minimum absolute atomic E-state index is 0.255. The van der Waals surface area contributed by atoms with Crippen LogP contribution < -0.4 is 0 Å². The average Bonchev–Trinajstić information content (AvgIpc) is 2.43. The predicted octanol–water partition coefficient (Wildman–Crippen LogP) is 1.98. The number of rotatable bonds is 13. The standard InChI is InChI=1S/C14H31NO5Si/c1-15(2,12-9-10-14(16)17)11-7-6-8-13-21(18-3,19-4)20-5/h6-13H2,1-5H3/p+1. The van der Waals surface area contributed by atoms with Gasteiger partial charge in [-0.05, 0) is 19.3 Å². The summed E-state index contributed by atoms with van der Waals surface area (Å²) in [7, 11) is 6.81.